The molecule has 0 aromatic carbocycles. The largest absolute Gasteiger partial charge is 0.343 e. The van der Waals surface area contributed by atoms with Gasteiger partial charge in [-0.05, 0) is 25.7 Å². The van der Waals surface area contributed by atoms with Gasteiger partial charge in [-0.15, -0.1) is 11.6 Å². The van der Waals surface area contributed by atoms with E-state index in [1.165, 1.54) is 32.1 Å². The van der Waals surface area contributed by atoms with Crippen molar-refractivity contribution in [2.45, 2.75) is 58.3 Å². The van der Waals surface area contributed by atoms with Gasteiger partial charge in [-0.25, -0.2) is 0 Å². The molecule has 0 bridgehead atoms. The first-order valence-corrected chi connectivity index (χ1v) is 7.65. The molecule has 0 aromatic rings. The number of hydrogen-bond donors (Lipinski definition) is 0. The molecule has 1 saturated carbocycles. The molecule has 1 fully saturated rings. The molecule has 1 aliphatic rings. The van der Waals surface area contributed by atoms with Crippen molar-refractivity contribution in [2.75, 3.05) is 19.0 Å². The maximum Gasteiger partial charge on any atom is 0.222 e. The SMILES string of the molecule is CCN(CCCCl)C(=O)CCC1CCCCC1. The van der Waals surface area contributed by atoms with Crippen molar-refractivity contribution in [3.8, 4) is 0 Å². The minimum atomic E-state index is 0.322. The summed E-state index contributed by atoms with van der Waals surface area (Å²) in [5, 5.41) is 0. The number of halogens is 1. The summed E-state index contributed by atoms with van der Waals surface area (Å²) in [7, 11) is 0. The average molecular weight is 260 g/mol. The van der Waals surface area contributed by atoms with Crippen molar-refractivity contribution < 1.29 is 4.79 Å². The molecule has 0 aliphatic heterocycles. The van der Waals surface area contributed by atoms with E-state index in [1.807, 2.05) is 11.8 Å². The van der Waals surface area contributed by atoms with Gasteiger partial charge in [-0.1, -0.05) is 32.1 Å². The van der Waals surface area contributed by atoms with E-state index in [4.69, 9.17) is 11.6 Å². The number of nitrogens with zero attached hydrogens (tertiary/aromatic N) is 1. The molecule has 3 heteroatoms. The van der Waals surface area contributed by atoms with Crippen LogP contribution in [0.25, 0.3) is 0 Å². The van der Waals surface area contributed by atoms with Crippen LogP contribution in [0.3, 0.4) is 0 Å². The third-order valence-electron chi connectivity index (χ3n) is 3.79. The molecule has 0 heterocycles. The molecule has 0 unspecified atom stereocenters. The Kier molecular flexibility index (Phi) is 7.67. The fraction of sp³-hybridized carbons (Fsp3) is 0.929. The third-order valence-corrected chi connectivity index (χ3v) is 4.05. The minimum absolute atomic E-state index is 0.322. The van der Waals surface area contributed by atoms with E-state index in [0.717, 1.165) is 38.3 Å². The quantitative estimate of drug-likeness (QED) is 0.637. The second-order valence-electron chi connectivity index (χ2n) is 5.06. The Morgan fingerprint density at radius 3 is 2.59 bits per heavy atom. The predicted molar refractivity (Wildman–Crippen MR) is 73.4 cm³/mol. The first-order valence-electron chi connectivity index (χ1n) is 7.11. The van der Waals surface area contributed by atoms with Gasteiger partial charge in [0.1, 0.15) is 0 Å². The summed E-state index contributed by atoms with van der Waals surface area (Å²) >= 11 is 5.67. The number of alkyl halides is 1. The van der Waals surface area contributed by atoms with Crippen molar-refractivity contribution in [1.82, 2.24) is 4.90 Å². The van der Waals surface area contributed by atoms with E-state index in [0.29, 0.717) is 11.8 Å². The molecule has 0 radical (unpaired) electrons. The lowest BCUT2D eigenvalue weighted by molar-refractivity contribution is -0.131. The van der Waals surface area contributed by atoms with Crippen molar-refractivity contribution in [3.05, 3.63) is 0 Å². The van der Waals surface area contributed by atoms with Crippen LogP contribution in [0.4, 0.5) is 0 Å². The Labute approximate surface area is 111 Å². The van der Waals surface area contributed by atoms with Crippen LogP contribution in [0.2, 0.25) is 0 Å². The van der Waals surface area contributed by atoms with Crippen LogP contribution in [-0.4, -0.2) is 29.8 Å². The Morgan fingerprint density at radius 2 is 2.00 bits per heavy atom. The number of rotatable bonds is 7. The average Bonchev–Trinajstić information content (AvgIpc) is 2.38. The highest BCUT2D eigenvalue weighted by atomic mass is 35.5. The summed E-state index contributed by atoms with van der Waals surface area (Å²) in [4.78, 5) is 14.0. The first kappa shape index (κ1) is 14.8. The second-order valence-corrected chi connectivity index (χ2v) is 5.44. The van der Waals surface area contributed by atoms with Crippen LogP contribution < -0.4 is 0 Å². The Bertz CT molecular complexity index is 214. The van der Waals surface area contributed by atoms with Gasteiger partial charge in [0.2, 0.25) is 5.91 Å². The lowest BCUT2D eigenvalue weighted by Gasteiger charge is -2.24. The second kappa shape index (κ2) is 8.79. The molecule has 1 rings (SSSR count). The fourth-order valence-corrected chi connectivity index (χ4v) is 2.79. The molecule has 1 amide bonds. The predicted octanol–water partition coefficient (Wildman–Crippen LogP) is 3.82. The highest BCUT2D eigenvalue weighted by Gasteiger charge is 2.17. The molecule has 1 aliphatic carbocycles. The zero-order valence-electron chi connectivity index (χ0n) is 11.1. The Balaban J connectivity index is 2.21. The minimum Gasteiger partial charge on any atom is -0.343 e. The molecule has 0 N–H and O–H groups in total. The first-order chi connectivity index (χ1) is 8.27. The number of carbonyl (C=O) groups is 1. The summed E-state index contributed by atoms with van der Waals surface area (Å²) in [6.07, 6.45) is 9.52. The summed E-state index contributed by atoms with van der Waals surface area (Å²) < 4.78 is 0. The lowest BCUT2D eigenvalue weighted by atomic mass is 9.86. The van der Waals surface area contributed by atoms with Crippen molar-refractivity contribution in [1.29, 1.82) is 0 Å². The molecular formula is C14H26ClNO. The molecule has 0 atom stereocenters. The molecule has 2 nitrogen and oxygen atoms in total. The van der Waals surface area contributed by atoms with Gasteiger partial charge in [0.15, 0.2) is 0 Å². The van der Waals surface area contributed by atoms with E-state index in [2.05, 4.69) is 0 Å². The van der Waals surface area contributed by atoms with Crippen molar-refractivity contribution >= 4 is 17.5 Å². The monoisotopic (exact) mass is 259 g/mol. The summed E-state index contributed by atoms with van der Waals surface area (Å²) in [5.74, 6) is 1.77. The van der Waals surface area contributed by atoms with E-state index < -0.39 is 0 Å². The number of hydrogen-bond acceptors (Lipinski definition) is 1. The Hall–Kier alpha value is -0.240. The van der Waals surface area contributed by atoms with E-state index in [9.17, 15) is 4.79 Å². The van der Waals surface area contributed by atoms with Crippen LogP contribution in [-0.2, 0) is 4.79 Å². The van der Waals surface area contributed by atoms with E-state index >= 15 is 0 Å². The third kappa shape index (κ3) is 5.76. The van der Waals surface area contributed by atoms with Crippen LogP contribution in [0, 0.1) is 5.92 Å². The lowest BCUT2D eigenvalue weighted by Crippen LogP contribution is -2.32. The van der Waals surface area contributed by atoms with Crippen LogP contribution in [0.15, 0.2) is 0 Å². The van der Waals surface area contributed by atoms with Gasteiger partial charge in [0, 0.05) is 25.4 Å². The smallest absolute Gasteiger partial charge is 0.222 e. The van der Waals surface area contributed by atoms with Crippen molar-refractivity contribution in [3.63, 3.8) is 0 Å². The van der Waals surface area contributed by atoms with E-state index in [1.54, 1.807) is 0 Å². The normalized spacial score (nSPS) is 17.1. The zero-order valence-corrected chi connectivity index (χ0v) is 11.8. The van der Waals surface area contributed by atoms with Crippen LogP contribution in [0.1, 0.15) is 58.3 Å². The summed E-state index contributed by atoms with van der Waals surface area (Å²) in [5.41, 5.74) is 0. The maximum absolute atomic E-state index is 12.0. The zero-order chi connectivity index (χ0) is 12.5. The van der Waals surface area contributed by atoms with Gasteiger partial charge >= 0.3 is 0 Å². The summed E-state index contributed by atoms with van der Waals surface area (Å²) in [6.45, 7) is 3.69. The molecular weight excluding hydrogens is 234 g/mol. The topological polar surface area (TPSA) is 20.3 Å². The van der Waals surface area contributed by atoms with Gasteiger partial charge < -0.3 is 4.90 Å². The fourth-order valence-electron chi connectivity index (χ4n) is 2.67. The number of amides is 1. The van der Waals surface area contributed by atoms with E-state index in [-0.39, 0.29) is 0 Å². The van der Waals surface area contributed by atoms with Gasteiger partial charge in [-0.3, -0.25) is 4.79 Å². The Morgan fingerprint density at radius 1 is 1.29 bits per heavy atom. The van der Waals surface area contributed by atoms with Crippen LogP contribution >= 0.6 is 11.6 Å². The van der Waals surface area contributed by atoms with Crippen LogP contribution in [0.5, 0.6) is 0 Å². The van der Waals surface area contributed by atoms with Gasteiger partial charge in [0.05, 0.1) is 0 Å². The molecule has 100 valence electrons. The maximum atomic E-state index is 12.0. The highest BCUT2D eigenvalue weighted by molar-refractivity contribution is 6.17. The molecule has 17 heavy (non-hydrogen) atoms. The molecule has 0 saturated heterocycles. The van der Waals surface area contributed by atoms with Gasteiger partial charge in [-0.2, -0.15) is 0 Å². The molecule has 0 spiro atoms. The van der Waals surface area contributed by atoms with Gasteiger partial charge in [0.25, 0.3) is 0 Å². The standard InChI is InChI=1S/C14H26ClNO/c1-2-16(12-6-11-15)14(17)10-9-13-7-4-3-5-8-13/h13H,2-12H2,1H3. The number of carbonyl (C=O) groups excluding carboxylic acids is 1. The van der Waals surface area contributed by atoms with Crippen molar-refractivity contribution in [2.24, 2.45) is 5.92 Å². The molecule has 0 aromatic heterocycles. The highest BCUT2D eigenvalue weighted by Crippen LogP contribution is 2.27. The summed E-state index contributed by atoms with van der Waals surface area (Å²) in [6, 6.07) is 0.